The number of aryl methyl sites for hydroxylation is 1. The smallest absolute Gasteiger partial charge is 0.226 e. The van der Waals surface area contributed by atoms with E-state index in [0.717, 1.165) is 16.7 Å². The van der Waals surface area contributed by atoms with Crippen molar-refractivity contribution in [2.24, 2.45) is 0 Å². The van der Waals surface area contributed by atoms with E-state index < -0.39 is 0 Å². The molecule has 0 fully saturated rings. The lowest BCUT2D eigenvalue weighted by Gasteiger charge is -2.03. The molecular weight excluding hydrogens is 217 g/mol. The molecule has 84 valence electrons. The highest BCUT2D eigenvalue weighted by atomic mass is 19.1. The van der Waals surface area contributed by atoms with Crippen LogP contribution in [-0.2, 0) is 0 Å². The number of hydrogen-bond acceptors (Lipinski definition) is 2. The van der Waals surface area contributed by atoms with Crippen LogP contribution >= 0.6 is 0 Å². The minimum Gasteiger partial charge on any atom is -0.441 e. The molecule has 0 atom stereocenters. The van der Waals surface area contributed by atoms with Gasteiger partial charge < -0.3 is 4.42 Å². The van der Waals surface area contributed by atoms with Crippen LogP contribution in [0.25, 0.3) is 22.2 Å². The van der Waals surface area contributed by atoms with E-state index in [2.05, 4.69) is 4.98 Å². The Bertz CT molecular complexity index is 688. The van der Waals surface area contributed by atoms with Gasteiger partial charge in [-0.2, -0.15) is 0 Å². The Morgan fingerprint density at radius 2 is 1.82 bits per heavy atom. The maximum Gasteiger partial charge on any atom is 0.226 e. The monoisotopic (exact) mass is 227 g/mol. The molecular formula is C14H10FNO. The number of rotatable bonds is 1. The fraction of sp³-hybridized carbons (Fsp3) is 0.0714. The van der Waals surface area contributed by atoms with Gasteiger partial charge in [0.05, 0.1) is 6.20 Å². The van der Waals surface area contributed by atoms with Gasteiger partial charge in [-0.25, -0.2) is 9.37 Å². The van der Waals surface area contributed by atoms with Crippen LogP contribution in [0.15, 0.2) is 47.0 Å². The molecule has 0 bridgehead atoms. The maximum atomic E-state index is 13.6. The van der Waals surface area contributed by atoms with E-state index in [1.165, 1.54) is 6.07 Å². The molecule has 0 aliphatic carbocycles. The topological polar surface area (TPSA) is 26.0 Å². The van der Waals surface area contributed by atoms with Crippen molar-refractivity contribution in [2.75, 3.05) is 0 Å². The van der Waals surface area contributed by atoms with E-state index in [0.29, 0.717) is 11.3 Å². The Kier molecular flexibility index (Phi) is 2.18. The molecule has 1 heterocycles. The third-order valence-corrected chi connectivity index (χ3v) is 2.72. The maximum absolute atomic E-state index is 13.6. The van der Waals surface area contributed by atoms with Gasteiger partial charge in [0, 0.05) is 10.9 Å². The molecule has 3 rings (SSSR count). The highest BCUT2D eigenvalue weighted by Crippen LogP contribution is 2.29. The number of oxazole rings is 1. The number of hydrogen-bond donors (Lipinski definition) is 0. The van der Waals surface area contributed by atoms with E-state index in [1.807, 2.05) is 25.1 Å². The lowest BCUT2D eigenvalue weighted by Crippen LogP contribution is -1.84. The van der Waals surface area contributed by atoms with Gasteiger partial charge in [-0.3, -0.25) is 0 Å². The van der Waals surface area contributed by atoms with Crippen molar-refractivity contribution in [1.82, 2.24) is 4.98 Å². The van der Waals surface area contributed by atoms with Crippen molar-refractivity contribution in [3.05, 3.63) is 54.2 Å². The molecule has 3 aromatic rings. The van der Waals surface area contributed by atoms with Gasteiger partial charge in [0.2, 0.25) is 5.89 Å². The fourth-order valence-corrected chi connectivity index (χ4v) is 1.93. The molecule has 0 radical (unpaired) electrons. The first-order chi connectivity index (χ1) is 8.25. The van der Waals surface area contributed by atoms with Crippen LogP contribution < -0.4 is 0 Å². The summed E-state index contributed by atoms with van der Waals surface area (Å²) < 4.78 is 19.1. The van der Waals surface area contributed by atoms with Gasteiger partial charge >= 0.3 is 0 Å². The standard InChI is InChI=1S/C14H10FNO/c1-9-8-16-14(17-9)12-6-7-13(15)11-5-3-2-4-10(11)12/h2-8H,1H3. The lowest BCUT2D eigenvalue weighted by atomic mass is 10.0. The second kappa shape index (κ2) is 3.70. The molecule has 2 nitrogen and oxygen atoms in total. The van der Waals surface area contributed by atoms with Crippen LogP contribution in [0.5, 0.6) is 0 Å². The number of nitrogens with zero attached hydrogens (tertiary/aromatic N) is 1. The molecule has 17 heavy (non-hydrogen) atoms. The second-order valence-corrected chi connectivity index (χ2v) is 3.92. The van der Waals surface area contributed by atoms with Gasteiger partial charge in [0.15, 0.2) is 0 Å². The van der Waals surface area contributed by atoms with Crippen LogP contribution in [0.1, 0.15) is 5.76 Å². The Labute approximate surface area is 97.7 Å². The Balaban J connectivity index is 2.34. The van der Waals surface area contributed by atoms with Crippen molar-refractivity contribution >= 4 is 10.8 Å². The Hall–Kier alpha value is -2.16. The van der Waals surface area contributed by atoms with E-state index >= 15 is 0 Å². The highest BCUT2D eigenvalue weighted by Gasteiger charge is 2.10. The summed E-state index contributed by atoms with van der Waals surface area (Å²) >= 11 is 0. The number of fused-ring (bicyclic) bond motifs is 1. The van der Waals surface area contributed by atoms with E-state index in [9.17, 15) is 4.39 Å². The second-order valence-electron chi connectivity index (χ2n) is 3.92. The first-order valence-corrected chi connectivity index (χ1v) is 5.36. The normalized spacial score (nSPS) is 10.9. The summed E-state index contributed by atoms with van der Waals surface area (Å²) in [5, 5.41) is 1.40. The molecule has 0 unspecified atom stereocenters. The zero-order valence-electron chi connectivity index (χ0n) is 9.27. The molecule has 3 heteroatoms. The van der Waals surface area contributed by atoms with Gasteiger partial charge in [0.25, 0.3) is 0 Å². The quantitative estimate of drug-likeness (QED) is 0.629. The van der Waals surface area contributed by atoms with Crippen LogP contribution in [-0.4, -0.2) is 4.98 Å². The van der Waals surface area contributed by atoms with Crippen molar-refractivity contribution in [1.29, 1.82) is 0 Å². The average molecular weight is 227 g/mol. The first kappa shape index (κ1) is 10.0. The molecule has 0 amide bonds. The predicted molar refractivity (Wildman–Crippen MR) is 64.1 cm³/mol. The lowest BCUT2D eigenvalue weighted by molar-refractivity contribution is 0.543. The Morgan fingerprint density at radius 1 is 1.06 bits per heavy atom. The Morgan fingerprint density at radius 3 is 2.53 bits per heavy atom. The van der Waals surface area contributed by atoms with Gasteiger partial charge in [-0.15, -0.1) is 0 Å². The zero-order valence-corrected chi connectivity index (χ0v) is 9.27. The first-order valence-electron chi connectivity index (χ1n) is 5.36. The van der Waals surface area contributed by atoms with Gasteiger partial charge in [0.1, 0.15) is 11.6 Å². The third-order valence-electron chi connectivity index (χ3n) is 2.72. The molecule has 0 saturated heterocycles. The number of aromatic nitrogens is 1. The largest absolute Gasteiger partial charge is 0.441 e. The van der Waals surface area contributed by atoms with E-state index in [1.54, 1.807) is 18.3 Å². The third kappa shape index (κ3) is 1.60. The molecule has 0 N–H and O–H groups in total. The SMILES string of the molecule is Cc1cnc(-c2ccc(F)c3ccccc23)o1. The van der Waals surface area contributed by atoms with Gasteiger partial charge in [-0.05, 0) is 24.4 Å². The van der Waals surface area contributed by atoms with Crippen molar-refractivity contribution < 1.29 is 8.81 Å². The molecule has 0 spiro atoms. The van der Waals surface area contributed by atoms with Crippen LogP contribution in [0.2, 0.25) is 0 Å². The van der Waals surface area contributed by atoms with E-state index in [4.69, 9.17) is 4.42 Å². The molecule has 0 aliphatic heterocycles. The molecule has 0 saturated carbocycles. The molecule has 1 aromatic heterocycles. The highest BCUT2D eigenvalue weighted by molar-refractivity contribution is 5.95. The summed E-state index contributed by atoms with van der Waals surface area (Å²) in [4.78, 5) is 4.18. The average Bonchev–Trinajstić information content (AvgIpc) is 2.77. The van der Waals surface area contributed by atoms with Crippen molar-refractivity contribution in [3.63, 3.8) is 0 Å². The molecule has 2 aromatic carbocycles. The van der Waals surface area contributed by atoms with Crippen LogP contribution in [0.3, 0.4) is 0 Å². The van der Waals surface area contributed by atoms with E-state index in [-0.39, 0.29) is 5.82 Å². The predicted octanol–water partition coefficient (Wildman–Crippen LogP) is 3.94. The minimum atomic E-state index is -0.229. The number of benzene rings is 2. The molecule has 0 aliphatic rings. The summed E-state index contributed by atoms with van der Waals surface area (Å²) in [6.45, 7) is 1.84. The van der Waals surface area contributed by atoms with Crippen molar-refractivity contribution in [3.8, 4) is 11.5 Å². The summed E-state index contributed by atoms with van der Waals surface area (Å²) in [6, 6.07) is 10.5. The van der Waals surface area contributed by atoms with Gasteiger partial charge in [-0.1, -0.05) is 24.3 Å². The summed E-state index contributed by atoms with van der Waals surface area (Å²) in [5.74, 6) is 1.04. The van der Waals surface area contributed by atoms with Crippen LogP contribution in [0.4, 0.5) is 4.39 Å². The fourth-order valence-electron chi connectivity index (χ4n) is 1.93. The number of halogens is 1. The minimum absolute atomic E-state index is 0.229. The summed E-state index contributed by atoms with van der Waals surface area (Å²) in [7, 11) is 0. The summed E-state index contributed by atoms with van der Waals surface area (Å²) in [5.41, 5.74) is 0.815. The zero-order chi connectivity index (χ0) is 11.8. The summed E-state index contributed by atoms with van der Waals surface area (Å²) in [6.07, 6.45) is 1.66. The van der Waals surface area contributed by atoms with Crippen LogP contribution in [0, 0.1) is 12.7 Å². The van der Waals surface area contributed by atoms with Crippen molar-refractivity contribution in [2.45, 2.75) is 6.92 Å².